The quantitative estimate of drug-likeness (QED) is 0.494. The molecule has 1 aromatic heterocycles. The second-order valence-electron chi connectivity index (χ2n) is 7.36. The number of carbonyl (C=O) groups excluding carboxylic acids is 2. The van der Waals surface area contributed by atoms with Crippen LogP contribution in [0.4, 0.5) is 4.39 Å². The summed E-state index contributed by atoms with van der Waals surface area (Å²) in [5.74, 6) is -0.938. The maximum atomic E-state index is 14.4. The van der Waals surface area contributed by atoms with E-state index in [1.807, 2.05) is 19.9 Å². The van der Waals surface area contributed by atoms with Gasteiger partial charge in [-0.1, -0.05) is 19.9 Å². The van der Waals surface area contributed by atoms with Crippen LogP contribution in [0.2, 0.25) is 0 Å². The Morgan fingerprint density at radius 2 is 2.15 bits per heavy atom. The summed E-state index contributed by atoms with van der Waals surface area (Å²) < 4.78 is 20.4. The Hall–Kier alpha value is -1.48. The zero-order valence-corrected chi connectivity index (χ0v) is 18.4. The van der Waals surface area contributed by atoms with Crippen molar-refractivity contribution in [3.63, 3.8) is 0 Å². The van der Waals surface area contributed by atoms with Crippen LogP contribution in [0.25, 0.3) is 0 Å². The molecule has 27 heavy (non-hydrogen) atoms. The molecule has 0 saturated heterocycles. The topological polar surface area (TPSA) is 55.4 Å². The summed E-state index contributed by atoms with van der Waals surface area (Å²) in [6.07, 6.45) is 0.836. The maximum Gasteiger partial charge on any atom is 0.339 e. The van der Waals surface area contributed by atoms with Gasteiger partial charge >= 0.3 is 5.97 Å². The lowest BCUT2D eigenvalue weighted by molar-refractivity contribution is 0.0524. The predicted molar refractivity (Wildman–Crippen MR) is 112 cm³/mol. The smallest absolute Gasteiger partial charge is 0.339 e. The minimum absolute atomic E-state index is 0.180. The fourth-order valence-corrected chi connectivity index (χ4v) is 4.91. The third-order valence-electron chi connectivity index (χ3n) is 4.51. The number of halogens is 2. The van der Waals surface area contributed by atoms with Crippen molar-refractivity contribution in [2.75, 3.05) is 13.2 Å². The van der Waals surface area contributed by atoms with Crippen LogP contribution in [0.3, 0.4) is 0 Å². The second-order valence-corrected chi connectivity index (χ2v) is 9.72. The molecule has 1 aromatic carbocycles. The van der Waals surface area contributed by atoms with Crippen LogP contribution in [-0.2, 0) is 17.6 Å². The van der Waals surface area contributed by atoms with Gasteiger partial charge < -0.3 is 10.1 Å². The Labute approximate surface area is 175 Å². The van der Waals surface area contributed by atoms with Gasteiger partial charge in [0.2, 0.25) is 0 Å². The Kier molecular flexibility index (Phi) is 5.90. The standard InChI is InChI=1S/C20H21FINO3S/c1-4-26-19(25)16-13-9-20(2,3)10-23-18(24)17(13)27-15(16)7-11-5-6-12(22)8-14(11)21/h5-6,8H,4,7,9-10H2,1-3H3,(H,23,24). The minimum Gasteiger partial charge on any atom is -0.462 e. The average Bonchev–Trinajstić information content (AvgIpc) is 2.87. The molecule has 4 nitrogen and oxygen atoms in total. The van der Waals surface area contributed by atoms with Gasteiger partial charge in [-0.25, -0.2) is 9.18 Å². The lowest BCUT2D eigenvalue weighted by Gasteiger charge is -2.22. The lowest BCUT2D eigenvalue weighted by Crippen LogP contribution is -2.31. The van der Waals surface area contributed by atoms with Crippen molar-refractivity contribution < 1.29 is 18.7 Å². The highest BCUT2D eigenvalue weighted by Gasteiger charge is 2.34. The van der Waals surface area contributed by atoms with E-state index in [9.17, 15) is 14.0 Å². The van der Waals surface area contributed by atoms with Gasteiger partial charge in [0, 0.05) is 21.4 Å². The number of hydrogen-bond acceptors (Lipinski definition) is 4. The molecule has 2 aromatic rings. The number of ether oxygens (including phenoxy) is 1. The van der Waals surface area contributed by atoms with Crippen LogP contribution < -0.4 is 5.32 Å². The first-order valence-electron chi connectivity index (χ1n) is 8.75. The Morgan fingerprint density at radius 3 is 2.81 bits per heavy atom. The molecule has 2 heterocycles. The average molecular weight is 501 g/mol. The van der Waals surface area contributed by atoms with E-state index >= 15 is 0 Å². The molecule has 0 saturated carbocycles. The molecule has 1 amide bonds. The zero-order chi connectivity index (χ0) is 19.8. The minimum atomic E-state index is -0.443. The van der Waals surface area contributed by atoms with E-state index in [0.29, 0.717) is 33.8 Å². The van der Waals surface area contributed by atoms with E-state index in [1.54, 1.807) is 13.0 Å². The number of thiophene rings is 1. The van der Waals surface area contributed by atoms with Crippen molar-refractivity contribution in [3.05, 3.63) is 54.0 Å². The first kappa shape index (κ1) is 20.3. The molecule has 1 aliphatic heterocycles. The van der Waals surface area contributed by atoms with Gasteiger partial charge in [-0.05, 0) is 64.6 Å². The van der Waals surface area contributed by atoms with Crippen molar-refractivity contribution in [2.24, 2.45) is 5.41 Å². The van der Waals surface area contributed by atoms with E-state index in [4.69, 9.17) is 4.74 Å². The van der Waals surface area contributed by atoms with Crippen LogP contribution in [-0.4, -0.2) is 25.0 Å². The van der Waals surface area contributed by atoms with Crippen LogP contribution in [0, 0.1) is 14.8 Å². The SMILES string of the molecule is CCOC(=O)c1c(Cc2ccc(I)cc2F)sc2c1CC(C)(C)CNC2=O. The molecule has 0 spiro atoms. The highest BCUT2D eigenvalue weighted by Crippen LogP contribution is 2.37. The Balaban J connectivity index is 2.12. The summed E-state index contributed by atoms with van der Waals surface area (Å²) in [7, 11) is 0. The van der Waals surface area contributed by atoms with Crippen molar-refractivity contribution in [2.45, 2.75) is 33.6 Å². The highest BCUT2D eigenvalue weighted by molar-refractivity contribution is 14.1. The number of fused-ring (bicyclic) bond motifs is 1. The number of benzene rings is 1. The van der Waals surface area contributed by atoms with Crippen LogP contribution in [0.5, 0.6) is 0 Å². The fraction of sp³-hybridized carbons (Fsp3) is 0.400. The molecule has 0 fully saturated rings. The first-order chi connectivity index (χ1) is 12.7. The normalized spacial score (nSPS) is 15.7. The summed E-state index contributed by atoms with van der Waals surface area (Å²) >= 11 is 3.32. The predicted octanol–water partition coefficient (Wildman–Crippen LogP) is 4.57. The van der Waals surface area contributed by atoms with Crippen molar-refractivity contribution in [3.8, 4) is 0 Å². The number of amides is 1. The van der Waals surface area contributed by atoms with Gasteiger partial charge in [0.25, 0.3) is 5.91 Å². The van der Waals surface area contributed by atoms with Gasteiger partial charge in [-0.15, -0.1) is 11.3 Å². The molecule has 0 bridgehead atoms. The maximum absolute atomic E-state index is 14.4. The summed E-state index contributed by atoms with van der Waals surface area (Å²) in [5, 5.41) is 2.93. The van der Waals surface area contributed by atoms with Crippen LogP contribution in [0.15, 0.2) is 18.2 Å². The third-order valence-corrected chi connectivity index (χ3v) is 6.42. The molecular formula is C20H21FINO3S. The number of esters is 1. The fourth-order valence-electron chi connectivity index (χ4n) is 3.21. The van der Waals surface area contributed by atoms with Crippen molar-refractivity contribution in [1.29, 1.82) is 0 Å². The van der Waals surface area contributed by atoms with Gasteiger partial charge in [0.1, 0.15) is 5.82 Å². The number of hydrogen-bond donors (Lipinski definition) is 1. The van der Waals surface area contributed by atoms with Crippen molar-refractivity contribution >= 4 is 45.8 Å². The molecule has 7 heteroatoms. The van der Waals surface area contributed by atoms with E-state index in [1.165, 1.54) is 17.4 Å². The number of carbonyl (C=O) groups is 2. The zero-order valence-electron chi connectivity index (χ0n) is 15.4. The molecule has 0 unspecified atom stereocenters. The molecular weight excluding hydrogens is 480 g/mol. The van der Waals surface area contributed by atoms with Crippen LogP contribution >= 0.6 is 33.9 Å². The molecule has 144 valence electrons. The monoisotopic (exact) mass is 501 g/mol. The second kappa shape index (κ2) is 7.87. The number of nitrogens with one attached hydrogen (secondary N) is 1. The third kappa shape index (κ3) is 4.34. The van der Waals surface area contributed by atoms with Gasteiger partial charge in [0.05, 0.1) is 17.0 Å². The Bertz CT molecular complexity index is 907. The molecule has 0 radical (unpaired) electrons. The molecule has 0 aliphatic carbocycles. The number of rotatable bonds is 4. The lowest BCUT2D eigenvalue weighted by atomic mass is 9.85. The largest absolute Gasteiger partial charge is 0.462 e. The molecule has 1 aliphatic rings. The molecule has 1 N–H and O–H groups in total. The Morgan fingerprint density at radius 1 is 1.41 bits per heavy atom. The van der Waals surface area contributed by atoms with Gasteiger partial charge in [0.15, 0.2) is 0 Å². The molecule has 0 atom stereocenters. The van der Waals surface area contributed by atoms with E-state index in [-0.39, 0.29) is 30.2 Å². The summed E-state index contributed by atoms with van der Waals surface area (Å²) in [4.78, 5) is 26.5. The van der Waals surface area contributed by atoms with Gasteiger partial charge in [-0.3, -0.25) is 4.79 Å². The van der Waals surface area contributed by atoms with Crippen molar-refractivity contribution in [1.82, 2.24) is 5.32 Å². The molecule has 3 rings (SSSR count). The van der Waals surface area contributed by atoms with Crippen LogP contribution in [0.1, 0.15) is 56.8 Å². The first-order valence-corrected chi connectivity index (χ1v) is 10.6. The van der Waals surface area contributed by atoms with E-state index in [0.717, 1.165) is 9.13 Å². The summed E-state index contributed by atoms with van der Waals surface area (Å²) in [6, 6.07) is 5.02. The van der Waals surface area contributed by atoms with Gasteiger partial charge in [-0.2, -0.15) is 0 Å². The van der Waals surface area contributed by atoms with E-state index < -0.39 is 5.97 Å². The summed E-state index contributed by atoms with van der Waals surface area (Å²) in [5.41, 5.74) is 1.46. The highest BCUT2D eigenvalue weighted by atomic mass is 127. The van der Waals surface area contributed by atoms with E-state index in [2.05, 4.69) is 27.9 Å². The summed E-state index contributed by atoms with van der Waals surface area (Å²) in [6.45, 7) is 6.63.